The lowest BCUT2D eigenvalue weighted by Crippen LogP contribution is -2.32. The van der Waals surface area contributed by atoms with E-state index in [1.807, 2.05) is 36.4 Å². The Morgan fingerprint density at radius 2 is 0.679 bits per heavy atom. The molecule has 0 fully saturated rings. The van der Waals surface area contributed by atoms with E-state index in [1.165, 1.54) is 33.4 Å². The third-order valence-corrected chi connectivity index (χ3v) is 11.2. The van der Waals surface area contributed by atoms with Gasteiger partial charge in [0.15, 0.2) is 17.5 Å². The molecule has 0 N–H and O–H groups in total. The van der Waals surface area contributed by atoms with Crippen LogP contribution in [0, 0.1) is 0 Å². The molecule has 11 rings (SSSR count). The Bertz CT molecular complexity index is 2880. The van der Waals surface area contributed by atoms with Gasteiger partial charge in [-0.15, -0.1) is 0 Å². The number of para-hydroxylation sites is 2. The number of aromatic nitrogens is 3. The highest BCUT2D eigenvalue weighted by Gasteiger charge is 2.51. The summed E-state index contributed by atoms with van der Waals surface area (Å²) in [5.41, 5.74) is 14.2. The van der Waals surface area contributed by atoms with Crippen molar-refractivity contribution in [1.82, 2.24) is 15.0 Å². The summed E-state index contributed by atoms with van der Waals surface area (Å²) in [6, 6.07) is 70.2. The van der Waals surface area contributed by atoms with Crippen LogP contribution < -0.4 is 4.74 Å². The first-order chi connectivity index (χ1) is 27.8. The SMILES string of the molecule is c1ccc(-c2ccc(-c3nc(-c4ccccc4)nc(-c4ccc(-c5cccc6c5-c5ccccc5C65c6ccccc6Oc6ccccc65)cc4)n3)cc2)cc1. The van der Waals surface area contributed by atoms with Crippen LogP contribution in [-0.2, 0) is 5.41 Å². The molecule has 2 aliphatic rings. The molecule has 0 unspecified atom stereocenters. The normalized spacial score (nSPS) is 12.9. The number of nitrogens with zero attached hydrogens (tertiary/aromatic N) is 3. The highest BCUT2D eigenvalue weighted by molar-refractivity contribution is 5.96. The van der Waals surface area contributed by atoms with Gasteiger partial charge in [-0.1, -0.05) is 188 Å². The van der Waals surface area contributed by atoms with E-state index in [-0.39, 0.29) is 0 Å². The summed E-state index contributed by atoms with van der Waals surface area (Å²) in [7, 11) is 0. The molecule has 1 aliphatic heterocycles. The second-order valence-corrected chi connectivity index (χ2v) is 14.3. The molecule has 0 saturated heterocycles. The minimum atomic E-state index is -0.512. The predicted octanol–water partition coefficient (Wildman–Crippen LogP) is 12.7. The van der Waals surface area contributed by atoms with Crippen molar-refractivity contribution in [2.24, 2.45) is 0 Å². The highest BCUT2D eigenvalue weighted by atomic mass is 16.5. The van der Waals surface area contributed by atoms with Gasteiger partial charge in [0.25, 0.3) is 0 Å². The Balaban J connectivity index is 1.03. The topological polar surface area (TPSA) is 47.9 Å². The molecule has 262 valence electrons. The third kappa shape index (κ3) is 4.96. The van der Waals surface area contributed by atoms with Gasteiger partial charge in [0.05, 0.1) is 5.41 Å². The summed E-state index contributed by atoms with van der Waals surface area (Å²) >= 11 is 0. The second-order valence-electron chi connectivity index (χ2n) is 14.3. The van der Waals surface area contributed by atoms with Crippen molar-refractivity contribution in [3.8, 4) is 79.0 Å². The van der Waals surface area contributed by atoms with Crippen molar-refractivity contribution in [3.63, 3.8) is 0 Å². The summed E-state index contributed by atoms with van der Waals surface area (Å²) in [6.07, 6.45) is 0. The lowest BCUT2D eigenvalue weighted by molar-refractivity contribution is 0.436. The maximum absolute atomic E-state index is 6.54. The molecule has 0 amide bonds. The van der Waals surface area contributed by atoms with Crippen molar-refractivity contribution in [1.29, 1.82) is 0 Å². The van der Waals surface area contributed by atoms with Crippen LogP contribution >= 0.6 is 0 Å². The van der Waals surface area contributed by atoms with Crippen LogP contribution in [0.4, 0.5) is 0 Å². The van der Waals surface area contributed by atoms with Crippen LogP contribution in [0.25, 0.3) is 67.5 Å². The zero-order chi connectivity index (χ0) is 37.1. The summed E-state index contributed by atoms with van der Waals surface area (Å²) < 4.78 is 6.54. The van der Waals surface area contributed by atoms with Crippen LogP contribution in [0.3, 0.4) is 0 Å². The smallest absolute Gasteiger partial charge is 0.164 e. The quantitative estimate of drug-likeness (QED) is 0.178. The molecule has 1 aliphatic carbocycles. The number of ether oxygens (including phenoxy) is 1. The van der Waals surface area contributed by atoms with E-state index in [0.717, 1.165) is 50.4 Å². The molecular formula is C52H33N3O. The Hall–Kier alpha value is -7.43. The highest BCUT2D eigenvalue weighted by Crippen LogP contribution is 2.63. The van der Waals surface area contributed by atoms with Crippen molar-refractivity contribution < 1.29 is 4.74 Å². The van der Waals surface area contributed by atoms with Crippen LogP contribution in [0.2, 0.25) is 0 Å². The number of hydrogen-bond donors (Lipinski definition) is 0. The van der Waals surface area contributed by atoms with Gasteiger partial charge in [0, 0.05) is 27.8 Å². The molecule has 56 heavy (non-hydrogen) atoms. The summed E-state index contributed by atoms with van der Waals surface area (Å²) in [5, 5.41) is 0. The fraction of sp³-hybridized carbons (Fsp3) is 0.0192. The molecule has 1 spiro atoms. The third-order valence-electron chi connectivity index (χ3n) is 11.2. The number of hydrogen-bond acceptors (Lipinski definition) is 4. The van der Waals surface area contributed by atoms with E-state index in [4.69, 9.17) is 19.7 Å². The van der Waals surface area contributed by atoms with E-state index in [2.05, 4.69) is 164 Å². The summed E-state index contributed by atoms with van der Waals surface area (Å²) in [4.78, 5) is 15.0. The number of rotatable bonds is 5. The van der Waals surface area contributed by atoms with E-state index < -0.39 is 5.41 Å². The molecule has 0 saturated carbocycles. The van der Waals surface area contributed by atoms with Gasteiger partial charge in [-0.3, -0.25) is 0 Å². The average molecular weight is 716 g/mol. The van der Waals surface area contributed by atoms with Crippen molar-refractivity contribution in [2.75, 3.05) is 0 Å². The Labute approximate surface area is 325 Å². The van der Waals surface area contributed by atoms with Gasteiger partial charge in [0.1, 0.15) is 11.5 Å². The van der Waals surface area contributed by atoms with Gasteiger partial charge < -0.3 is 4.74 Å². The van der Waals surface area contributed by atoms with Crippen LogP contribution in [0.1, 0.15) is 22.3 Å². The lowest BCUT2D eigenvalue weighted by Gasteiger charge is -2.39. The van der Waals surface area contributed by atoms with Crippen LogP contribution in [0.15, 0.2) is 200 Å². The number of fused-ring (bicyclic) bond motifs is 9. The summed E-state index contributed by atoms with van der Waals surface area (Å²) in [5.74, 6) is 3.69. The second kappa shape index (κ2) is 12.9. The zero-order valence-corrected chi connectivity index (χ0v) is 30.3. The van der Waals surface area contributed by atoms with Crippen molar-refractivity contribution in [2.45, 2.75) is 5.41 Å². The van der Waals surface area contributed by atoms with E-state index in [0.29, 0.717) is 17.5 Å². The molecule has 0 atom stereocenters. The standard InChI is InChI=1S/C52H33N3O/c1-3-14-34(15-4-1)35-26-30-38(31-27-35)50-53-49(37-16-5-2-6-17-37)54-51(55-50)39-32-28-36(29-33-39)40-19-13-23-45-48(40)41-18-7-8-20-42(41)52(45)43-21-9-11-24-46(43)56-47-25-12-10-22-44(47)52/h1-33H. The molecule has 4 heteroatoms. The molecular weight excluding hydrogens is 683 g/mol. The Kier molecular flexibility index (Phi) is 7.36. The Morgan fingerprint density at radius 1 is 0.286 bits per heavy atom. The van der Waals surface area contributed by atoms with E-state index >= 15 is 0 Å². The minimum Gasteiger partial charge on any atom is -0.457 e. The van der Waals surface area contributed by atoms with Gasteiger partial charge in [0.2, 0.25) is 0 Å². The van der Waals surface area contributed by atoms with Crippen molar-refractivity contribution >= 4 is 0 Å². The molecule has 1 aromatic heterocycles. The fourth-order valence-electron chi connectivity index (χ4n) is 8.74. The summed E-state index contributed by atoms with van der Waals surface area (Å²) in [6.45, 7) is 0. The maximum atomic E-state index is 6.54. The fourth-order valence-corrected chi connectivity index (χ4v) is 8.74. The largest absolute Gasteiger partial charge is 0.457 e. The predicted molar refractivity (Wildman–Crippen MR) is 224 cm³/mol. The first-order valence-electron chi connectivity index (χ1n) is 18.9. The minimum absolute atomic E-state index is 0.512. The van der Waals surface area contributed by atoms with Crippen LogP contribution in [0.5, 0.6) is 11.5 Å². The molecule has 0 radical (unpaired) electrons. The first-order valence-corrected chi connectivity index (χ1v) is 18.9. The molecule has 8 aromatic carbocycles. The molecule has 2 heterocycles. The van der Waals surface area contributed by atoms with E-state index in [9.17, 15) is 0 Å². The Morgan fingerprint density at radius 3 is 1.27 bits per heavy atom. The molecule has 0 bridgehead atoms. The van der Waals surface area contributed by atoms with E-state index in [1.54, 1.807) is 0 Å². The average Bonchev–Trinajstić information content (AvgIpc) is 3.58. The van der Waals surface area contributed by atoms with Gasteiger partial charge in [-0.2, -0.15) is 0 Å². The lowest BCUT2D eigenvalue weighted by atomic mass is 9.66. The van der Waals surface area contributed by atoms with Crippen molar-refractivity contribution in [3.05, 3.63) is 222 Å². The number of benzene rings is 8. The van der Waals surface area contributed by atoms with Crippen LogP contribution in [-0.4, -0.2) is 15.0 Å². The van der Waals surface area contributed by atoms with Gasteiger partial charge in [-0.25, -0.2) is 15.0 Å². The molecule has 4 nitrogen and oxygen atoms in total. The maximum Gasteiger partial charge on any atom is 0.164 e. The zero-order valence-electron chi connectivity index (χ0n) is 30.3. The molecule has 9 aromatic rings. The van der Waals surface area contributed by atoms with Gasteiger partial charge in [-0.05, 0) is 56.6 Å². The first kappa shape index (κ1) is 32.0. The monoisotopic (exact) mass is 715 g/mol. The van der Waals surface area contributed by atoms with Gasteiger partial charge >= 0.3 is 0 Å².